The summed E-state index contributed by atoms with van der Waals surface area (Å²) in [6.45, 7) is 4.95. The van der Waals surface area contributed by atoms with Crippen LogP contribution >= 0.6 is 0 Å². The van der Waals surface area contributed by atoms with Crippen LogP contribution in [-0.2, 0) is 16.0 Å². The third-order valence-corrected chi connectivity index (χ3v) is 4.66. The first-order chi connectivity index (χ1) is 14.1. The molecule has 3 aromatic rings. The molecule has 3 N–H and O–H groups in total. The van der Waals surface area contributed by atoms with Crippen LogP contribution in [0.1, 0.15) is 31.1 Å². The lowest BCUT2D eigenvalue weighted by Crippen LogP contribution is -2.26. The van der Waals surface area contributed by atoms with Gasteiger partial charge in [-0.2, -0.15) is 0 Å². The molecule has 0 radical (unpaired) electrons. The summed E-state index contributed by atoms with van der Waals surface area (Å²) in [5, 5.41) is 14.5. The number of benzene rings is 1. The van der Waals surface area contributed by atoms with Crippen molar-refractivity contribution in [2.75, 3.05) is 19.7 Å². The smallest absolute Gasteiger partial charge is 0.347 e. The normalized spacial score (nSPS) is 13.2. The number of ether oxygens (including phenoxy) is 2. The molecule has 2 heterocycles. The Hall–Kier alpha value is -2.90. The van der Waals surface area contributed by atoms with E-state index in [2.05, 4.69) is 15.3 Å². The highest BCUT2D eigenvalue weighted by atomic mass is 16.6. The van der Waals surface area contributed by atoms with Gasteiger partial charge in [-0.15, -0.1) is 0 Å². The van der Waals surface area contributed by atoms with Crippen LogP contribution in [-0.4, -0.2) is 46.8 Å². The van der Waals surface area contributed by atoms with Crippen molar-refractivity contribution < 1.29 is 19.4 Å². The number of pyridine rings is 1. The summed E-state index contributed by atoms with van der Waals surface area (Å²) in [5.41, 5.74) is 2.79. The lowest BCUT2D eigenvalue weighted by atomic mass is 10.1. The van der Waals surface area contributed by atoms with E-state index in [1.807, 2.05) is 36.5 Å². The molecule has 0 saturated carbocycles. The number of hydrogen-bond donors (Lipinski definition) is 3. The molecule has 2 atom stereocenters. The van der Waals surface area contributed by atoms with Gasteiger partial charge in [0.2, 0.25) is 0 Å². The minimum absolute atomic E-state index is 0.325. The third kappa shape index (κ3) is 5.34. The van der Waals surface area contributed by atoms with Crippen molar-refractivity contribution in [3.05, 3.63) is 60.0 Å². The van der Waals surface area contributed by atoms with Crippen molar-refractivity contribution in [3.63, 3.8) is 0 Å². The van der Waals surface area contributed by atoms with Gasteiger partial charge in [-0.3, -0.25) is 4.98 Å². The Morgan fingerprint density at radius 3 is 2.93 bits per heavy atom. The molecule has 154 valence electrons. The number of aromatic nitrogens is 2. The molecule has 0 aliphatic carbocycles. The molecule has 0 amide bonds. The molecule has 29 heavy (non-hydrogen) atoms. The lowest BCUT2D eigenvalue weighted by Gasteiger charge is -2.14. The highest BCUT2D eigenvalue weighted by Gasteiger charge is 2.18. The number of aromatic amines is 1. The number of aliphatic hydroxyl groups excluding tert-OH is 1. The number of hydrogen-bond acceptors (Lipinski definition) is 6. The van der Waals surface area contributed by atoms with Crippen LogP contribution in [0.4, 0.5) is 0 Å². The number of carbonyl (C=O) groups is 1. The Morgan fingerprint density at radius 2 is 2.17 bits per heavy atom. The van der Waals surface area contributed by atoms with E-state index in [1.54, 1.807) is 26.2 Å². The van der Waals surface area contributed by atoms with E-state index in [-0.39, 0.29) is 5.97 Å². The molecule has 0 fully saturated rings. The fourth-order valence-electron chi connectivity index (χ4n) is 3.14. The summed E-state index contributed by atoms with van der Waals surface area (Å²) < 4.78 is 10.8. The number of rotatable bonds is 10. The molecule has 2 aromatic heterocycles. The van der Waals surface area contributed by atoms with Gasteiger partial charge in [0.1, 0.15) is 5.75 Å². The highest BCUT2D eigenvalue weighted by Crippen LogP contribution is 2.28. The van der Waals surface area contributed by atoms with E-state index in [9.17, 15) is 9.90 Å². The molecule has 0 saturated heterocycles. The maximum atomic E-state index is 11.8. The average Bonchev–Trinajstić information content (AvgIpc) is 3.16. The maximum absolute atomic E-state index is 11.8. The zero-order chi connectivity index (χ0) is 20.6. The van der Waals surface area contributed by atoms with E-state index in [1.165, 1.54) is 0 Å². The number of nitrogens with one attached hydrogen (secondary N) is 2. The standard InChI is InChI=1S/C22H27N3O4/c1-3-28-22(27)15(2)29-20-8-4-7-18-16(13-25-21(18)20)9-11-24-14-19(26)17-6-5-10-23-12-17/h4-8,10,12-13,15,19,24-26H,3,9,11,14H2,1-2H3/t15-,19-/m0/s1. The monoisotopic (exact) mass is 397 g/mol. The summed E-state index contributed by atoms with van der Waals surface area (Å²) in [4.78, 5) is 19.1. The minimum Gasteiger partial charge on any atom is -0.477 e. The fourth-order valence-corrected chi connectivity index (χ4v) is 3.14. The lowest BCUT2D eigenvalue weighted by molar-refractivity contribution is -0.150. The number of nitrogens with zero attached hydrogens (tertiary/aromatic N) is 1. The predicted octanol–water partition coefficient (Wildman–Crippen LogP) is 2.76. The Labute approximate surface area is 170 Å². The van der Waals surface area contributed by atoms with Gasteiger partial charge in [0.25, 0.3) is 0 Å². The largest absolute Gasteiger partial charge is 0.477 e. The molecule has 0 spiro atoms. The number of aliphatic hydroxyl groups is 1. The fraction of sp³-hybridized carbons (Fsp3) is 0.364. The Morgan fingerprint density at radius 1 is 1.31 bits per heavy atom. The summed E-state index contributed by atoms with van der Waals surface area (Å²) in [7, 11) is 0. The molecule has 7 nitrogen and oxygen atoms in total. The van der Waals surface area contributed by atoms with Crippen molar-refractivity contribution in [3.8, 4) is 5.75 Å². The van der Waals surface area contributed by atoms with Gasteiger partial charge in [-0.05, 0) is 44.5 Å². The number of esters is 1. The van der Waals surface area contributed by atoms with Gasteiger partial charge in [0.15, 0.2) is 6.10 Å². The van der Waals surface area contributed by atoms with E-state index < -0.39 is 12.2 Å². The molecule has 1 aromatic carbocycles. The van der Waals surface area contributed by atoms with Crippen LogP contribution in [0, 0.1) is 0 Å². The number of para-hydroxylation sites is 1. The molecule has 0 unspecified atom stereocenters. The van der Waals surface area contributed by atoms with Gasteiger partial charge in [-0.1, -0.05) is 18.2 Å². The first kappa shape index (κ1) is 20.8. The summed E-state index contributed by atoms with van der Waals surface area (Å²) in [5.74, 6) is 0.238. The first-order valence-electron chi connectivity index (χ1n) is 9.81. The van der Waals surface area contributed by atoms with Crippen LogP contribution in [0.3, 0.4) is 0 Å². The molecule has 0 aliphatic heterocycles. The third-order valence-electron chi connectivity index (χ3n) is 4.66. The number of H-pyrrole nitrogens is 1. The van der Waals surface area contributed by atoms with Crippen LogP contribution in [0.5, 0.6) is 5.75 Å². The second kappa shape index (κ2) is 10.0. The SMILES string of the molecule is CCOC(=O)[C@H](C)Oc1cccc2c(CCNC[C@H](O)c3cccnc3)c[nH]c12. The topological polar surface area (TPSA) is 96.5 Å². The number of fused-ring (bicyclic) bond motifs is 1. The van der Waals surface area contributed by atoms with Crippen molar-refractivity contribution in [1.29, 1.82) is 0 Å². The van der Waals surface area contributed by atoms with Crippen molar-refractivity contribution >= 4 is 16.9 Å². The summed E-state index contributed by atoms with van der Waals surface area (Å²) in [6.07, 6.45) is 4.83. The quantitative estimate of drug-likeness (QED) is 0.360. The van der Waals surface area contributed by atoms with E-state index in [0.717, 1.165) is 28.5 Å². The van der Waals surface area contributed by atoms with Crippen LogP contribution in [0.25, 0.3) is 10.9 Å². The van der Waals surface area contributed by atoms with Gasteiger partial charge < -0.3 is 24.9 Å². The number of carbonyl (C=O) groups excluding carboxylic acids is 1. The molecule has 0 aliphatic rings. The van der Waals surface area contributed by atoms with Crippen molar-refractivity contribution in [2.24, 2.45) is 0 Å². The van der Waals surface area contributed by atoms with E-state index in [4.69, 9.17) is 9.47 Å². The summed E-state index contributed by atoms with van der Waals surface area (Å²) in [6, 6.07) is 9.44. The molecule has 3 rings (SSSR count). The Balaban J connectivity index is 1.58. The van der Waals surface area contributed by atoms with E-state index in [0.29, 0.717) is 25.4 Å². The Bertz CT molecular complexity index is 926. The molecular weight excluding hydrogens is 370 g/mol. The molecule has 7 heteroatoms. The molecular formula is C22H27N3O4. The molecule has 0 bridgehead atoms. The first-order valence-corrected chi connectivity index (χ1v) is 9.81. The van der Waals surface area contributed by atoms with Crippen molar-refractivity contribution in [1.82, 2.24) is 15.3 Å². The van der Waals surface area contributed by atoms with Crippen LogP contribution < -0.4 is 10.1 Å². The van der Waals surface area contributed by atoms with Gasteiger partial charge in [-0.25, -0.2) is 4.79 Å². The minimum atomic E-state index is -0.678. The van der Waals surface area contributed by atoms with E-state index >= 15 is 0 Å². The zero-order valence-corrected chi connectivity index (χ0v) is 16.7. The highest BCUT2D eigenvalue weighted by molar-refractivity contribution is 5.88. The average molecular weight is 397 g/mol. The van der Waals surface area contributed by atoms with Gasteiger partial charge in [0, 0.05) is 36.1 Å². The Kier molecular flexibility index (Phi) is 7.21. The van der Waals surface area contributed by atoms with Gasteiger partial charge in [0.05, 0.1) is 18.2 Å². The van der Waals surface area contributed by atoms with Crippen LogP contribution in [0.2, 0.25) is 0 Å². The summed E-state index contributed by atoms with van der Waals surface area (Å²) >= 11 is 0. The zero-order valence-electron chi connectivity index (χ0n) is 16.7. The second-order valence-corrected chi connectivity index (χ2v) is 6.76. The predicted molar refractivity (Wildman–Crippen MR) is 111 cm³/mol. The van der Waals surface area contributed by atoms with Crippen LogP contribution in [0.15, 0.2) is 48.9 Å². The maximum Gasteiger partial charge on any atom is 0.347 e. The van der Waals surface area contributed by atoms with Crippen molar-refractivity contribution in [2.45, 2.75) is 32.5 Å². The second-order valence-electron chi connectivity index (χ2n) is 6.76. The van der Waals surface area contributed by atoms with Gasteiger partial charge >= 0.3 is 5.97 Å².